The summed E-state index contributed by atoms with van der Waals surface area (Å²) in [4.78, 5) is 4.87. The smallest absolute Gasteiger partial charge is 0.322 e. The summed E-state index contributed by atoms with van der Waals surface area (Å²) in [7, 11) is 0. The van der Waals surface area contributed by atoms with E-state index in [-0.39, 0.29) is 13.7 Å². The lowest BCUT2D eigenvalue weighted by Crippen LogP contribution is -2.58. The van der Waals surface area contributed by atoms with Crippen LogP contribution in [0.5, 0.6) is 0 Å². The lowest BCUT2D eigenvalue weighted by Gasteiger charge is -2.41. The largest absolute Gasteiger partial charge is 0.384 e. The molecule has 0 fully saturated rings. The van der Waals surface area contributed by atoms with Crippen molar-refractivity contribution in [2.75, 3.05) is 9.62 Å². The van der Waals surface area contributed by atoms with Crippen LogP contribution in [0.4, 0.5) is 11.4 Å². The standard InChI is InChI=1S/C21H18B2N2/c1-17-9-8-15-23-18-10-2-4-12-20(18)24-16-7-6-14-22(24)19-11-3-5-13-21(19)25(17)23/h2-16H,1H3. The first-order valence-electron chi connectivity index (χ1n) is 8.80. The fourth-order valence-electron chi connectivity index (χ4n) is 4.18. The molecule has 0 N–H and O–H groups in total. The Morgan fingerprint density at radius 3 is 2.24 bits per heavy atom. The van der Waals surface area contributed by atoms with E-state index in [0.29, 0.717) is 0 Å². The van der Waals surface area contributed by atoms with Crippen LogP contribution in [0.25, 0.3) is 0 Å². The number of anilines is 2. The van der Waals surface area contributed by atoms with Crippen LogP contribution in [0.2, 0.25) is 0 Å². The highest BCUT2D eigenvalue weighted by Gasteiger charge is 2.37. The van der Waals surface area contributed by atoms with E-state index in [2.05, 4.69) is 108 Å². The molecule has 2 nitrogen and oxygen atoms in total. The lowest BCUT2D eigenvalue weighted by atomic mass is 9.46. The summed E-state index contributed by atoms with van der Waals surface area (Å²) in [5, 5.41) is 0. The first-order chi connectivity index (χ1) is 12.3. The van der Waals surface area contributed by atoms with Gasteiger partial charge in [0.2, 0.25) is 0 Å². The Balaban J connectivity index is 1.83. The fourth-order valence-corrected chi connectivity index (χ4v) is 4.18. The Kier molecular flexibility index (Phi) is 3.24. The zero-order valence-electron chi connectivity index (χ0n) is 14.2. The molecule has 0 saturated carbocycles. The van der Waals surface area contributed by atoms with Gasteiger partial charge in [-0.1, -0.05) is 60.5 Å². The maximum absolute atomic E-state index is 2.47. The van der Waals surface area contributed by atoms with Crippen LogP contribution in [-0.4, -0.2) is 13.7 Å². The number of benzene rings is 2. The Bertz CT molecular complexity index is 958. The molecule has 0 unspecified atom stereocenters. The Hall–Kier alpha value is -2.87. The quantitative estimate of drug-likeness (QED) is 0.689. The average Bonchev–Trinajstić information content (AvgIpc) is 2.67. The third-order valence-corrected chi connectivity index (χ3v) is 5.29. The summed E-state index contributed by atoms with van der Waals surface area (Å²) < 4.78 is 0. The molecule has 3 heterocycles. The van der Waals surface area contributed by atoms with Crippen molar-refractivity contribution in [1.82, 2.24) is 0 Å². The molecule has 0 spiro atoms. The van der Waals surface area contributed by atoms with E-state index in [9.17, 15) is 0 Å². The number of hydrogen-bond acceptors (Lipinski definition) is 2. The highest BCUT2D eigenvalue weighted by molar-refractivity contribution is 6.89. The molecule has 2 aromatic rings. The molecule has 0 atom stereocenters. The molecule has 5 rings (SSSR count). The highest BCUT2D eigenvalue weighted by atomic mass is 15.1. The Morgan fingerprint density at radius 2 is 1.40 bits per heavy atom. The second-order valence-electron chi connectivity index (χ2n) is 6.70. The third-order valence-electron chi connectivity index (χ3n) is 5.29. The molecule has 0 amide bonds. The number of hydrogen-bond donors (Lipinski definition) is 0. The molecule has 3 aliphatic heterocycles. The molecular formula is C21H18B2N2. The van der Waals surface area contributed by atoms with E-state index >= 15 is 0 Å². The molecule has 0 saturated heterocycles. The van der Waals surface area contributed by atoms with Gasteiger partial charge in [0.1, 0.15) is 0 Å². The van der Waals surface area contributed by atoms with Crippen molar-refractivity contribution in [3.05, 3.63) is 96.7 Å². The molecular weight excluding hydrogens is 302 g/mol. The monoisotopic (exact) mass is 320 g/mol. The summed E-state index contributed by atoms with van der Waals surface area (Å²) in [5.41, 5.74) is 6.52. The van der Waals surface area contributed by atoms with E-state index in [0.717, 1.165) is 0 Å². The molecule has 4 heteroatoms. The van der Waals surface area contributed by atoms with E-state index in [1.807, 2.05) is 0 Å². The minimum atomic E-state index is 0.210. The van der Waals surface area contributed by atoms with Gasteiger partial charge in [-0.05, 0) is 48.3 Å². The van der Waals surface area contributed by atoms with Gasteiger partial charge in [0.05, 0.1) is 0 Å². The zero-order chi connectivity index (χ0) is 16.8. The van der Waals surface area contributed by atoms with Crippen LogP contribution in [0.15, 0.2) is 96.7 Å². The van der Waals surface area contributed by atoms with Crippen molar-refractivity contribution >= 4 is 36.0 Å². The Labute approximate surface area is 149 Å². The zero-order valence-corrected chi connectivity index (χ0v) is 14.2. The summed E-state index contributed by atoms with van der Waals surface area (Å²) in [6.07, 6.45) is 10.9. The molecule has 2 aromatic carbocycles. The van der Waals surface area contributed by atoms with E-state index < -0.39 is 0 Å². The number of rotatable bonds is 0. The van der Waals surface area contributed by atoms with Crippen LogP contribution >= 0.6 is 0 Å². The van der Waals surface area contributed by atoms with Crippen molar-refractivity contribution < 1.29 is 0 Å². The van der Waals surface area contributed by atoms with Gasteiger partial charge < -0.3 is 9.62 Å². The van der Waals surface area contributed by atoms with Gasteiger partial charge in [-0.25, -0.2) is 0 Å². The average molecular weight is 320 g/mol. The molecule has 118 valence electrons. The van der Waals surface area contributed by atoms with Crippen LogP contribution in [0.1, 0.15) is 6.92 Å². The molecule has 3 aliphatic rings. The third kappa shape index (κ3) is 2.14. The number of fused-ring (bicyclic) bond motifs is 8. The minimum Gasteiger partial charge on any atom is -0.384 e. The van der Waals surface area contributed by atoms with Crippen molar-refractivity contribution in [3.63, 3.8) is 0 Å². The lowest BCUT2D eigenvalue weighted by molar-refractivity contribution is 1.22. The molecule has 25 heavy (non-hydrogen) atoms. The maximum Gasteiger partial charge on any atom is 0.322 e. The van der Waals surface area contributed by atoms with Crippen LogP contribution < -0.4 is 20.5 Å². The van der Waals surface area contributed by atoms with Gasteiger partial charge in [0.25, 0.3) is 0 Å². The van der Waals surface area contributed by atoms with Crippen molar-refractivity contribution in [3.8, 4) is 0 Å². The van der Waals surface area contributed by atoms with E-state index in [4.69, 9.17) is 0 Å². The summed E-state index contributed by atoms with van der Waals surface area (Å²) in [5.74, 6) is 4.58. The number of para-hydroxylation sites is 2. The van der Waals surface area contributed by atoms with Crippen molar-refractivity contribution in [2.45, 2.75) is 6.92 Å². The highest BCUT2D eigenvalue weighted by Crippen LogP contribution is 2.29. The van der Waals surface area contributed by atoms with Gasteiger partial charge in [0, 0.05) is 17.1 Å². The van der Waals surface area contributed by atoms with Gasteiger partial charge >= 0.3 is 13.7 Å². The van der Waals surface area contributed by atoms with Gasteiger partial charge in [-0.15, -0.1) is 0 Å². The van der Waals surface area contributed by atoms with Crippen molar-refractivity contribution in [1.29, 1.82) is 0 Å². The van der Waals surface area contributed by atoms with E-state index in [1.54, 1.807) is 0 Å². The van der Waals surface area contributed by atoms with Gasteiger partial charge in [-0.2, -0.15) is 0 Å². The molecule has 0 aliphatic carbocycles. The molecule has 0 radical (unpaired) electrons. The van der Waals surface area contributed by atoms with Crippen LogP contribution in [0.3, 0.4) is 0 Å². The first kappa shape index (κ1) is 14.5. The van der Waals surface area contributed by atoms with Gasteiger partial charge in [0.15, 0.2) is 0 Å². The number of allylic oxidation sites excluding steroid dienone is 5. The predicted octanol–water partition coefficient (Wildman–Crippen LogP) is 3.05. The second-order valence-corrected chi connectivity index (χ2v) is 6.70. The Morgan fingerprint density at radius 1 is 0.720 bits per heavy atom. The van der Waals surface area contributed by atoms with Gasteiger partial charge in [-0.3, -0.25) is 0 Å². The summed E-state index contributed by atoms with van der Waals surface area (Å²) in [6.45, 7) is 2.62. The van der Waals surface area contributed by atoms with Crippen LogP contribution in [0, 0.1) is 0 Å². The van der Waals surface area contributed by atoms with Crippen LogP contribution in [-0.2, 0) is 0 Å². The minimum absolute atomic E-state index is 0.210. The normalized spacial score (nSPS) is 17.2. The first-order valence-corrected chi connectivity index (χ1v) is 8.80. The fraction of sp³-hybridized carbons (Fsp3) is 0.0476. The number of nitrogens with zero attached hydrogens (tertiary/aromatic N) is 2. The predicted molar refractivity (Wildman–Crippen MR) is 110 cm³/mol. The topological polar surface area (TPSA) is 6.48 Å². The molecule has 0 aromatic heterocycles. The summed E-state index contributed by atoms with van der Waals surface area (Å²) >= 11 is 0. The maximum atomic E-state index is 2.47. The van der Waals surface area contributed by atoms with Crippen molar-refractivity contribution in [2.24, 2.45) is 0 Å². The molecule has 0 bridgehead atoms. The summed E-state index contributed by atoms with van der Waals surface area (Å²) in [6, 6.07) is 17.6. The second kappa shape index (κ2) is 5.59. The SMILES string of the molecule is CC1=CC=CB2c3ccccc3N3C=CC=CB3c3ccccc3N21. The van der Waals surface area contributed by atoms with E-state index in [1.165, 1.54) is 28.0 Å².